The lowest BCUT2D eigenvalue weighted by Crippen LogP contribution is -2.29. The van der Waals surface area contributed by atoms with Gasteiger partial charge in [0.2, 0.25) is 0 Å². The third-order valence-corrected chi connectivity index (χ3v) is 2.96. The minimum atomic E-state index is 0.741. The maximum atomic E-state index is 4.56. The Morgan fingerprint density at radius 2 is 2.31 bits per heavy atom. The number of rotatable bonds is 6. The molecule has 1 saturated carbocycles. The van der Waals surface area contributed by atoms with Crippen LogP contribution in [0.15, 0.2) is 18.3 Å². The zero-order chi connectivity index (χ0) is 11.4. The molecule has 88 valence electrons. The summed E-state index contributed by atoms with van der Waals surface area (Å²) in [5.74, 6) is 1.18. The molecule has 1 aromatic rings. The van der Waals surface area contributed by atoms with Gasteiger partial charge in [0.05, 0.1) is 0 Å². The van der Waals surface area contributed by atoms with E-state index in [1.54, 1.807) is 0 Å². The van der Waals surface area contributed by atoms with Gasteiger partial charge in [-0.15, -0.1) is 0 Å². The molecule has 0 saturated heterocycles. The first kappa shape index (κ1) is 11.4. The van der Waals surface area contributed by atoms with Gasteiger partial charge in [-0.3, -0.25) is 0 Å². The van der Waals surface area contributed by atoms with Crippen LogP contribution in [-0.2, 0) is 6.54 Å². The van der Waals surface area contributed by atoms with Gasteiger partial charge in [0.15, 0.2) is 0 Å². The highest BCUT2D eigenvalue weighted by atomic mass is 15.2. The number of nitrogens with one attached hydrogen (secondary N) is 1. The predicted octanol–water partition coefficient (Wildman–Crippen LogP) is 2.18. The van der Waals surface area contributed by atoms with Gasteiger partial charge in [-0.05, 0) is 32.4 Å². The van der Waals surface area contributed by atoms with Crippen molar-refractivity contribution >= 4 is 5.82 Å². The predicted molar refractivity (Wildman–Crippen MR) is 67.7 cm³/mol. The monoisotopic (exact) mass is 219 g/mol. The number of nitrogens with zero attached hydrogens (tertiary/aromatic N) is 2. The van der Waals surface area contributed by atoms with E-state index in [2.05, 4.69) is 28.2 Å². The second-order valence-corrected chi connectivity index (χ2v) is 4.44. The summed E-state index contributed by atoms with van der Waals surface area (Å²) in [6, 6.07) is 4.93. The van der Waals surface area contributed by atoms with E-state index in [0.29, 0.717) is 0 Å². The lowest BCUT2D eigenvalue weighted by molar-refractivity contribution is 0.731. The van der Waals surface area contributed by atoms with E-state index in [9.17, 15) is 0 Å². The Hall–Kier alpha value is -1.09. The molecular formula is C13H21N3. The summed E-state index contributed by atoms with van der Waals surface area (Å²) < 4.78 is 0. The lowest BCUT2D eigenvalue weighted by Gasteiger charge is -2.25. The molecule has 0 radical (unpaired) electrons. The summed E-state index contributed by atoms with van der Waals surface area (Å²) >= 11 is 0. The van der Waals surface area contributed by atoms with E-state index in [1.165, 1.54) is 30.6 Å². The van der Waals surface area contributed by atoms with Gasteiger partial charge < -0.3 is 10.2 Å². The van der Waals surface area contributed by atoms with E-state index in [-0.39, 0.29) is 0 Å². The molecule has 1 heterocycles. The van der Waals surface area contributed by atoms with E-state index in [1.807, 2.05) is 19.3 Å². The summed E-state index contributed by atoms with van der Waals surface area (Å²) in [6.45, 7) is 4.25. The maximum absolute atomic E-state index is 4.56. The van der Waals surface area contributed by atoms with Crippen molar-refractivity contribution in [1.82, 2.24) is 10.3 Å². The van der Waals surface area contributed by atoms with Gasteiger partial charge in [-0.2, -0.15) is 0 Å². The normalized spacial score (nSPS) is 15.1. The molecule has 1 fully saturated rings. The Bertz CT molecular complexity index is 334. The first-order valence-electron chi connectivity index (χ1n) is 6.22. The van der Waals surface area contributed by atoms with E-state index in [0.717, 1.165) is 19.1 Å². The van der Waals surface area contributed by atoms with Crippen molar-refractivity contribution in [1.29, 1.82) is 0 Å². The largest absolute Gasteiger partial charge is 0.353 e. The quantitative estimate of drug-likeness (QED) is 0.795. The molecule has 3 nitrogen and oxygen atoms in total. The van der Waals surface area contributed by atoms with Crippen molar-refractivity contribution in [3.63, 3.8) is 0 Å². The molecule has 1 N–H and O–H groups in total. The van der Waals surface area contributed by atoms with Crippen molar-refractivity contribution in [2.45, 2.75) is 38.8 Å². The second-order valence-electron chi connectivity index (χ2n) is 4.44. The molecule has 3 heteroatoms. The van der Waals surface area contributed by atoms with Crippen molar-refractivity contribution in [2.75, 3.05) is 18.5 Å². The third kappa shape index (κ3) is 2.53. The summed E-state index contributed by atoms with van der Waals surface area (Å²) in [4.78, 5) is 7.04. The van der Waals surface area contributed by atoms with Gasteiger partial charge in [-0.25, -0.2) is 4.98 Å². The molecule has 0 aliphatic heterocycles. The maximum Gasteiger partial charge on any atom is 0.133 e. The number of aromatic nitrogens is 1. The average molecular weight is 219 g/mol. The van der Waals surface area contributed by atoms with Crippen LogP contribution in [0.4, 0.5) is 5.82 Å². The fraction of sp³-hybridized carbons (Fsp3) is 0.615. The summed E-state index contributed by atoms with van der Waals surface area (Å²) in [7, 11) is 1.98. The zero-order valence-electron chi connectivity index (χ0n) is 10.2. The van der Waals surface area contributed by atoms with Crippen molar-refractivity contribution < 1.29 is 0 Å². The van der Waals surface area contributed by atoms with Gasteiger partial charge in [0.1, 0.15) is 5.82 Å². The van der Waals surface area contributed by atoms with E-state index >= 15 is 0 Å². The number of pyridine rings is 1. The SMILES string of the molecule is CCCN(c1ncccc1CNC)C1CC1. The van der Waals surface area contributed by atoms with Gasteiger partial charge in [-0.1, -0.05) is 13.0 Å². The van der Waals surface area contributed by atoms with Crippen LogP contribution in [0.25, 0.3) is 0 Å². The van der Waals surface area contributed by atoms with Gasteiger partial charge in [0.25, 0.3) is 0 Å². The molecule has 0 atom stereocenters. The van der Waals surface area contributed by atoms with Crippen LogP contribution in [0.2, 0.25) is 0 Å². The molecule has 0 bridgehead atoms. The van der Waals surface area contributed by atoms with Gasteiger partial charge in [0, 0.05) is 30.9 Å². The van der Waals surface area contributed by atoms with Crippen LogP contribution in [0.3, 0.4) is 0 Å². The van der Waals surface area contributed by atoms with Crippen molar-refractivity contribution in [2.24, 2.45) is 0 Å². The fourth-order valence-corrected chi connectivity index (χ4v) is 2.11. The minimum Gasteiger partial charge on any atom is -0.353 e. The highest BCUT2D eigenvalue weighted by Gasteiger charge is 2.30. The molecule has 2 rings (SSSR count). The molecule has 1 aliphatic rings. The third-order valence-electron chi connectivity index (χ3n) is 2.96. The summed E-state index contributed by atoms with van der Waals surface area (Å²) in [6.07, 6.45) is 5.75. The second kappa shape index (κ2) is 5.30. The molecule has 0 aromatic carbocycles. The Morgan fingerprint density at radius 3 is 2.94 bits per heavy atom. The first-order valence-corrected chi connectivity index (χ1v) is 6.22. The van der Waals surface area contributed by atoms with Crippen LogP contribution in [0.1, 0.15) is 31.7 Å². The van der Waals surface area contributed by atoms with Crippen LogP contribution >= 0.6 is 0 Å². The number of hydrogen-bond donors (Lipinski definition) is 1. The smallest absolute Gasteiger partial charge is 0.133 e. The molecular weight excluding hydrogens is 198 g/mol. The van der Waals surface area contributed by atoms with E-state index in [4.69, 9.17) is 0 Å². The standard InChI is InChI=1S/C13H21N3/c1-3-9-16(12-6-7-12)13-11(10-14-2)5-4-8-15-13/h4-5,8,12,14H,3,6-7,9-10H2,1-2H3. The van der Waals surface area contributed by atoms with Crippen LogP contribution < -0.4 is 10.2 Å². The Kier molecular flexibility index (Phi) is 3.78. The Morgan fingerprint density at radius 1 is 1.50 bits per heavy atom. The fourth-order valence-electron chi connectivity index (χ4n) is 2.11. The summed E-state index contributed by atoms with van der Waals surface area (Å²) in [5.41, 5.74) is 1.31. The van der Waals surface area contributed by atoms with Crippen LogP contribution in [0, 0.1) is 0 Å². The zero-order valence-corrected chi connectivity index (χ0v) is 10.2. The highest BCUT2D eigenvalue weighted by Crippen LogP contribution is 2.32. The van der Waals surface area contributed by atoms with Crippen LogP contribution in [0.5, 0.6) is 0 Å². The lowest BCUT2D eigenvalue weighted by atomic mass is 10.2. The van der Waals surface area contributed by atoms with Crippen molar-refractivity contribution in [3.8, 4) is 0 Å². The minimum absolute atomic E-state index is 0.741. The number of anilines is 1. The van der Waals surface area contributed by atoms with Crippen LogP contribution in [-0.4, -0.2) is 24.6 Å². The van der Waals surface area contributed by atoms with Gasteiger partial charge >= 0.3 is 0 Å². The molecule has 0 spiro atoms. The van der Waals surface area contributed by atoms with Crippen molar-refractivity contribution in [3.05, 3.63) is 23.9 Å². The molecule has 1 aliphatic carbocycles. The van der Waals surface area contributed by atoms with E-state index < -0.39 is 0 Å². The topological polar surface area (TPSA) is 28.2 Å². The molecule has 1 aromatic heterocycles. The number of hydrogen-bond acceptors (Lipinski definition) is 3. The summed E-state index contributed by atoms with van der Waals surface area (Å²) in [5, 5.41) is 3.21. The molecule has 16 heavy (non-hydrogen) atoms. The first-order chi connectivity index (χ1) is 7.86. The Balaban J connectivity index is 2.21. The molecule has 0 unspecified atom stereocenters. The Labute approximate surface area is 97.9 Å². The average Bonchev–Trinajstić information content (AvgIpc) is 3.11. The molecule has 0 amide bonds. The highest BCUT2D eigenvalue weighted by molar-refractivity contribution is 5.48.